The average Bonchev–Trinajstić information content (AvgIpc) is 2.37. The molecule has 2 aromatic rings. The Morgan fingerprint density at radius 3 is 2.60 bits per heavy atom. The topological polar surface area (TPSA) is 87.0 Å². The van der Waals surface area contributed by atoms with E-state index < -0.39 is 6.10 Å². The lowest BCUT2D eigenvalue weighted by Gasteiger charge is -2.26. The van der Waals surface area contributed by atoms with Crippen LogP contribution in [0.15, 0.2) is 36.4 Å². The first-order valence-corrected chi connectivity index (χ1v) is 6.09. The summed E-state index contributed by atoms with van der Waals surface area (Å²) in [5.41, 5.74) is 0.742. The van der Waals surface area contributed by atoms with Crippen molar-refractivity contribution in [3.8, 4) is 23.0 Å². The largest absolute Gasteiger partial charge is 0.508 e. The van der Waals surface area contributed by atoms with Crippen LogP contribution in [0.3, 0.4) is 0 Å². The lowest BCUT2D eigenvalue weighted by molar-refractivity contribution is 0.0844. The van der Waals surface area contributed by atoms with Crippen molar-refractivity contribution >= 4 is 5.78 Å². The van der Waals surface area contributed by atoms with Crippen LogP contribution in [0.2, 0.25) is 0 Å². The molecule has 102 valence electrons. The van der Waals surface area contributed by atoms with Gasteiger partial charge < -0.3 is 20.1 Å². The molecular weight excluding hydrogens is 260 g/mol. The molecular formula is C15H12O5. The second kappa shape index (κ2) is 4.45. The van der Waals surface area contributed by atoms with Crippen LogP contribution in [-0.2, 0) is 0 Å². The van der Waals surface area contributed by atoms with Crippen LogP contribution in [0.4, 0.5) is 0 Å². The van der Waals surface area contributed by atoms with Crippen molar-refractivity contribution in [1.82, 2.24) is 0 Å². The van der Waals surface area contributed by atoms with Gasteiger partial charge in [-0.3, -0.25) is 4.79 Å². The molecule has 0 saturated carbocycles. The Hall–Kier alpha value is -2.69. The molecule has 3 N–H and O–H groups in total. The van der Waals surface area contributed by atoms with Crippen LogP contribution in [0.5, 0.6) is 23.0 Å². The summed E-state index contributed by atoms with van der Waals surface area (Å²) in [6.07, 6.45) is -0.488. The minimum atomic E-state index is -0.553. The summed E-state index contributed by atoms with van der Waals surface area (Å²) in [6, 6.07) is 8.85. The number of hydrogen-bond donors (Lipinski definition) is 3. The number of ketones is 1. The number of fused-ring (bicyclic) bond motifs is 1. The molecule has 0 radical (unpaired) electrons. The summed E-state index contributed by atoms with van der Waals surface area (Å²) < 4.78 is 5.65. The number of rotatable bonds is 1. The first-order valence-electron chi connectivity index (χ1n) is 6.09. The number of hydrogen-bond acceptors (Lipinski definition) is 5. The lowest BCUT2D eigenvalue weighted by Crippen LogP contribution is -2.20. The molecule has 0 amide bonds. The van der Waals surface area contributed by atoms with Gasteiger partial charge in [-0.05, 0) is 17.7 Å². The third kappa shape index (κ3) is 2.03. The molecule has 5 nitrogen and oxygen atoms in total. The second-order valence-corrected chi connectivity index (χ2v) is 4.67. The molecule has 0 aliphatic carbocycles. The van der Waals surface area contributed by atoms with Gasteiger partial charge in [-0.25, -0.2) is 0 Å². The summed E-state index contributed by atoms with van der Waals surface area (Å²) >= 11 is 0. The molecule has 3 rings (SSSR count). The van der Waals surface area contributed by atoms with Crippen molar-refractivity contribution < 1.29 is 24.9 Å². The van der Waals surface area contributed by atoms with Gasteiger partial charge in [0.1, 0.15) is 34.7 Å². The van der Waals surface area contributed by atoms with E-state index in [1.807, 2.05) is 0 Å². The highest BCUT2D eigenvalue weighted by Crippen LogP contribution is 2.41. The summed E-state index contributed by atoms with van der Waals surface area (Å²) in [7, 11) is 0. The van der Waals surface area contributed by atoms with Crippen LogP contribution >= 0.6 is 0 Å². The molecule has 0 saturated heterocycles. The van der Waals surface area contributed by atoms with Gasteiger partial charge in [-0.15, -0.1) is 0 Å². The Morgan fingerprint density at radius 1 is 1.05 bits per heavy atom. The number of ether oxygens (including phenoxy) is 1. The van der Waals surface area contributed by atoms with Gasteiger partial charge in [0.05, 0.1) is 6.42 Å². The van der Waals surface area contributed by atoms with E-state index in [0.717, 1.165) is 6.07 Å². The second-order valence-electron chi connectivity index (χ2n) is 4.67. The van der Waals surface area contributed by atoms with Crippen molar-refractivity contribution in [3.63, 3.8) is 0 Å². The Kier molecular flexibility index (Phi) is 2.75. The summed E-state index contributed by atoms with van der Waals surface area (Å²) in [6.45, 7) is 0. The third-order valence-electron chi connectivity index (χ3n) is 3.23. The molecule has 1 heterocycles. The minimum absolute atomic E-state index is 0.0643. The zero-order chi connectivity index (χ0) is 14.3. The Balaban J connectivity index is 2.02. The van der Waals surface area contributed by atoms with Crippen molar-refractivity contribution in [2.75, 3.05) is 0 Å². The zero-order valence-corrected chi connectivity index (χ0v) is 10.4. The van der Waals surface area contributed by atoms with E-state index >= 15 is 0 Å². The van der Waals surface area contributed by atoms with E-state index in [-0.39, 0.29) is 40.8 Å². The summed E-state index contributed by atoms with van der Waals surface area (Å²) in [4.78, 5) is 12.1. The summed E-state index contributed by atoms with van der Waals surface area (Å²) in [5, 5.41) is 28.6. The van der Waals surface area contributed by atoms with Crippen molar-refractivity contribution in [1.29, 1.82) is 0 Å². The number of phenols is 3. The van der Waals surface area contributed by atoms with Crippen molar-refractivity contribution in [2.45, 2.75) is 12.5 Å². The predicted molar refractivity (Wildman–Crippen MR) is 70.2 cm³/mol. The highest BCUT2D eigenvalue weighted by Gasteiger charge is 2.30. The predicted octanol–water partition coefficient (Wildman–Crippen LogP) is 2.51. The van der Waals surface area contributed by atoms with E-state index in [4.69, 9.17) is 4.74 Å². The van der Waals surface area contributed by atoms with Gasteiger partial charge in [0.2, 0.25) is 0 Å². The quantitative estimate of drug-likeness (QED) is 0.742. The Bertz CT molecular complexity index is 693. The van der Waals surface area contributed by atoms with Gasteiger partial charge in [-0.1, -0.05) is 12.1 Å². The number of benzene rings is 2. The standard InChI is InChI=1S/C15H12O5/c16-9-3-1-2-8(4-9)13-7-12(19)15-11(18)5-10(17)6-14(15)20-13/h1-6,13,16-18H,7H2. The highest BCUT2D eigenvalue weighted by molar-refractivity contribution is 6.02. The van der Waals surface area contributed by atoms with E-state index in [0.29, 0.717) is 5.56 Å². The molecule has 0 aromatic heterocycles. The van der Waals surface area contributed by atoms with Gasteiger partial charge in [0.25, 0.3) is 0 Å². The average molecular weight is 272 g/mol. The van der Waals surface area contributed by atoms with E-state index in [1.165, 1.54) is 18.2 Å². The molecule has 1 atom stereocenters. The summed E-state index contributed by atoms with van der Waals surface area (Å²) in [5.74, 6) is -0.503. The normalized spacial score (nSPS) is 17.4. The number of carbonyl (C=O) groups excluding carboxylic acids is 1. The highest BCUT2D eigenvalue weighted by atomic mass is 16.5. The minimum Gasteiger partial charge on any atom is -0.508 e. The van der Waals surface area contributed by atoms with Gasteiger partial charge >= 0.3 is 0 Å². The number of aromatic hydroxyl groups is 3. The van der Waals surface area contributed by atoms with E-state index in [2.05, 4.69) is 0 Å². The van der Waals surface area contributed by atoms with Gasteiger partial charge in [0.15, 0.2) is 5.78 Å². The molecule has 2 aromatic carbocycles. The maximum atomic E-state index is 12.1. The molecule has 1 aliphatic rings. The number of carbonyl (C=O) groups is 1. The van der Waals surface area contributed by atoms with Crippen molar-refractivity contribution in [2.24, 2.45) is 0 Å². The SMILES string of the molecule is O=C1CC(c2cccc(O)c2)Oc2cc(O)cc(O)c21. The number of phenolic OH excluding ortho intramolecular Hbond substituents is 3. The Morgan fingerprint density at radius 2 is 1.85 bits per heavy atom. The molecule has 0 fully saturated rings. The zero-order valence-electron chi connectivity index (χ0n) is 10.4. The monoisotopic (exact) mass is 272 g/mol. The third-order valence-corrected chi connectivity index (χ3v) is 3.23. The van der Waals surface area contributed by atoms with Gasteiger partial charge in [-0.2, -0.15) is 0 Å². The maximum Gasteiger partial charge on any atom is 0.174 e. The smallest absolute Gasteiger partial charge is 0.174 e. The van der Waals surface area contributed by atoms with Crippen molar-refractivity contribution in [3.05, 3.63) is 47.5 Å². The van der Waals surface area contributed by atoms with Crippen LogP contribution in [0.1, 0.15) is 28.4 Å². The fraction of sp³-hybridized carbons (Fsp3) is 0.133. The Labute approximate surface area is 114 Å². The fourth-order valence-electron chi connectivity index (χ4n) is 2.34. The van der Waals surface area contributed by atoms with Crippen LogP contribution in [0, 0.1) is 0 Å². The van der Waals surface area contributed by atoms with Crippen LogP contribution in [-0.4, -0.2) is 21.1 Å². The maximum absolute atomic E-state index is 12.1. The lowest BCUT2D eigenvalue weighted by atomic mass is 9.95. The number of Topliss-reactive ketones (excluding diaryl/α,β-unsaturated/α-hetero) is 1. The molecule has 1 aliphatic heterocycles. The van der Waals surface area contributed by atoms with E-state index in [1.54, 1.807) is 12.1 Å². The van der Waals surface area contributed by atoms with Gasteiger partial charge in [0, 0.05) is 12.1 Å². The van der Waals surface area contributed by atoms with Crippen LogP contribution in [0.25, 0.3) is 0 Å². The molecule has 20 heavy (non-hydrogen) atoms. The molecule has 0 spiro atoms. The first kappa shape index (κ1) is 12.3. The molecule has 5 heteroatoms. The van der Waals surface area contributed by atoms with Crippen LogP contribution < -0.4 is 4.74 Å². The first-order chi connectivity index (χ1) is 9.54. The van der Waals surface area contributed by atoms with E-state index in [9.17, 15) is 20.1 Å². The fourth-order valence-corrected chi connectivity index (χ4v) is 2.34. The molecule has 0 bridgehead atoms. The molecule has 1 unspecified atom stereocenters.